The summed E-state index contributed by atoms with van der Waals surface area (Å²) in [5.74, 6) is 0.480. The van der Waals surface area contributed by atoms with E-state index in [1.165, 1.54) is 6.20 Å². The second-order valence-corrected chi connectivity index (χ2v) is 5.28. The van der Waals surface area contributed by atoms with Crippen molar-refractivity contribution in [2.75, 3.05) is 23.3 Å². The number of nitrogens with one attached hydrogen (secondary N) is 1. The normalized spacial score (nSPS) is 10.4. The average molecular weight is 319 g/mol. The molecule has 1 heterocycles. The summed E-state index contributed by atoms with van der Waals surface area (Å²) < 4.78 is 0. The molecule has 1 aromatic carbocycles. The zero-order valence-corrected chi connectivity index (χ0v) is 13.7. The van der Waals surface area contributed by atoms with Gasteiger partial charge in [0.25, 0.3) is 5.91 Å². The number of amides is 1. The van der Waals surface area contributed by atoms with Gasteiger partial charge in [-0.2, -0.15) is 0 Å². The second kappa shape index (κ2) is 7.22. The van der Waals surface area contributed by atoms with E-state index in [-0.39, 0.29) is 11.6 Å². The van der Waals surface area contributed by atoms with Crippen molar-refractivity contribution in [1.29, 1.82) is 0 Å². The van der Waals surface area contributed by atoms with Crippen molar-refractivity contribution in [3.63, 3.8) is 0 Å². The van der Waals surface area contributed by atoms with Gasteiger partial charge in [-0.05, 0) is 44.5 Å². The first-order chi connectivity index (χ1) is 10.5. The number of nitrogens with zero attached hydrogens (tertiary/aromatic N) is 3. The number of anilines is 2. The van der Waals surface area contributed by atoms with Gasteiger partial charge in [-0.3, -0.25) is 4.79 Å². The first-order valence-corrected chi connectivity index (χ1v) is 7.57. The molecule has 0 spiro atoms. The van der Waals surface area contributed by atoms with Crippen LogP contribution < -0.4 is 10.2 Å². The largest absolute Gasteiger partial charge is 0.356 e. The predicted octanol–water partition coefficient (Wildman–Crippen LogP) is 3.54. The maximum atomic E-state index is 12.2. The summed E-state index contributed by atoms with van der Waals surface area (Å²) in [6.45, 7) is 7.68. The monoisotopic (exact) mass is 318 g/mol. The summed E-state index contributed by atoms with van der Waals surface area (Å²) in [5, 5.41) is 3.45. The van der Waals surface area contributed by atoms with Crippen LogP contribution in [0.4, 0.5) is 11.5 Å². The fourth-order valence-electron chi connectivity index (χ4n) is 2.10. The summed E-state index contributed by atoms with van der Waals surface area (Å²) in [6.07, 6.45) is 3.12. The number of hydrogen-bond donors (Lipinski definition) is 1. The van der Waals surface area contributed by atoms with Gasteiger partial charge in [-0.1, -0.05) is 11.6 Å². The Bertz CT molecular complexity index is 654. The molecule has 22 heavy (non-hydrogen) atoms. The number of aryl methyl sites for hydroxylation is 1. The third-order valence-electron chi connectivity index (χ3n) is 3.39. The molecule has 0 bridgehead atoms. The van der Waals surface area contributed by atoms with E-state index < -0.39 is 0 Å². The van der Waals surface area contributed by atoms with Gasteiger partial charge < -0.3 is 10.2 Å². The molecule has 0 saturated carbocycles. The van der Waals surface area contributed by atoms with Crippen molar-refractivity contribution in [1.82, 2.24) is 9.97 Å². The highest BCUT2D eigenvalue weighted by Gasteiger charge is 2.11. The third kappa shape index (κ3) is 3.74. The Morgan fingerprint density at radius 2 is 1.95 bits per heavy atom. The summed E-state index contributed by atoms with van der Waals surface area (Å²) >= 11 is 5.91. The second-order valence-electron chi connectivity index (χ2n) is 4.85. The lowest BCUT2D eigenvalue weighted by molar-refractivity contribution is 0.102. The zero-order valence-electron chi connectivity index (χ0n) is 12.9. The molecule has 6 heteroatoms. The molecule has 0 atom stereocenters. The Labute approximate surface area is 135 Å². The zero-order chi connectivity index (χ0) is 16.1. The van der Waals surface area contributed by atoms with E-state index in [1.807, 2.05) is 6.92 Å². The third-order valence-corrected chi connectivity index (χ3v) is 3.63. The molecule has 1 aromatic heterocycles. The van der Waals surface area contributed by atoms with Crippen LogP contribution in [0.2, 0.25) is 5.02 Å². The van der Waals surface area contributed by atoms with Gasteiger partial charge in [0.1, 0.15) is 11.5 Å². The maximum Gasteiger partial charge on any atom is 0.275 e. The Morgan fingerprint density at radius 3 is 2.50 bits per heavy atom. The topological polar surface area (TPSA) is 58.1 Å². The first kappa shape index (κ1) is 16.2. The van der Waals surface area contributed by atoms with Crippen LogP contribution in [0.15, 0.2) is 30.6 Å². The summed E-state index contributed by atoms with van der Waals surface area (Å²) in [6, 6.07) is 5.30. The highest BCUT2D eigenvalue weighted by Crippen LogP contribution is 2.20. The SMILES string of the molecule is CCN(CC)c1cnc(C(=O)Nc2ccc(Cl)cc2C)cn1. The molecule has 0 saturated heterocycles. The Hall–Kier alpha value is -2.14. The van der Waals surface area contributed by atoms with E-state index in [4.69, 9.17) is 11.6 Å². The molecule has 0 unspecified atom stereocenters. The number of carbonyl (C=O) groups is 1. The lowest BCUT2D eigenvalue weighted by atomic mass is 10.2. The highest BCUT2D eigenvalue weighted by molar-refractivity contribution is 6.30. The number of halogens is 1. The van der Waals surface area contributed by atoms with Crippen LogP contribution in [0, 0.1) is 6.92 Å². The maximum absolute atomic E-state index is 12.2. The van der Waals surface area contributed by atoms with Crippen molar-refractivity contribution >= 4 is 29.0 Å². The number of hydrogen-bond acceptors (Lipinski definition) is 4. The van der Waals surface area contributed by atoms with Gasteiger partial charge >= 0.3 is 0 Å². The van der Waals surface area contributed by atoms with E-state index in [2.05, 4.69) is 34.0 Å². The average Bonchev–Trinajstić information content (AvgIpc) is 2.52. The quantitative estimate of drug-likeness (QED) is 0.916. The highest BCUT2D eigenvalue weighted by atomic mass is 35.5. The van der Waals surface area contributed by atoms with Crippen molar-refractivity contribution in [2.45, 2.75) is 20.8 Å². The van der Waals surface area contributed by atoms with E-state index in [1.54, 1.807) is 24.4 Å². The summed E-state index contributed by atoms with van der Waals surface area (Å²) in [4.78, 5) is 22.8. The van der Waals surface area contributed by atoms with Crippen LogP contribution in [0.25, 0.3) is 0 Å². The van der Waals surface area contributed by atoms with Gasteiger partial charge in [-0.25, -0.2) is 9.97 Å². The molecule has 1 N–H and O–H groups in total. The lowest BCUT2D eigenvalue weighted by Crippen LogP contribution is -2.23. The van der Waals surface area contributed by atoms with Gasteiger partial charge in [0.2, 0.25) is 0 Å². The Balaban J connectivity index is 2.13. The molecule has 1 amide bonds. The summed E-state index contributed by atoms with van der Waals surface area (Å²) in [5.41, 5.74) is 1.89. The van der Waals surface area contributed by atoms with Crippen LogP contribution in [0.1, 0.15) is 29.9 Å². The van der Waals surface area contributed by atoms with E-state index in [0.717, 1.165) is 24.5 Å². The van der Waals surface area contributed by atoms with Crippen molar-refractivity contribution in [3.05, 3.63) is 46.9 Å². The van der Waals surface area contributed by atoms with Crippen molar-refractivity contribution in [3.8, 4) is 0 Å². The van der Waals surface area contributed by atoms with Crippen molar-refractivity contribution in [2.24, 2.45) is 0 Å². The molecule has 0 aliphatic rings. The number of benzene rings is 1. The molecule has 0 aliphatic carbocycles. The minimum atomic E-state index is -0.288. The van der Waals surface area contributed by atoms with Crippen LogP contribution in [0.3, 0.4) is 0 Å². The van der Waals surface area contributed by atoms with E-state index in [0.29, 0.717) is 10.7 Å². The fourth-order valence-corrected chi connectivity index (χ4v) is 2.33. The molecule has 0 fully saturated rings. The Morgan fingerprint density at radius 1 is 1.23 bits per heavy atom. The Kier molecular flexibility index (Phi) is 5.33. The molecule has 2 aromatic rings. The van der Waals surface area contributed by atoms with Gasteiger partial charge in [0, 0.05) is 23.8 Å². The minimum absolute atomic E-state index is 0.283. The van der Waals surface area contributed by atoms with Crippen molar-refractivity contribution < 1.29 is 4.79 Å². The van der Waals surface area contributed by atoms with Gasteiger partial charge in [0.05, 0.1) is 12.4 Å². The van der Waals surface area contributed by atoms with E-state index in [9.17, 15) is 4.79 Å². The number of rotatable bonds is 5. The molecule has 0 aliphatic heterocycles. The first-order valence-electron chi connectivity index (χ1n) is 7.19. The standard InChI is InChI=1S/C16H19ClN4O/c1-4-21(5-2)15-10-18-14(9-19-15)16(22)20-13-7-6-12(17)8-11(13)3/h6-10H,4-5H2,1-3H3,(H,20,22). The number of carbonyl (C=O) groups excluding carboxylic acids is 1. The van der Waals surface area contributed by atoms with Gasteiger partial charge in [0.15, 0.2) is 0 Å². The van der Waals surface area contributed by atoms with Gasteiger partial charge in [-0.15, -0.1) is 0 Å². The molecule has 5 nitrogen and oxygen atoms in total. The van der Waals surface area contributed by atoms with Crippen LogP contribution in [-0.4, -0.2) is 29.0 Å². The fraction of sp³-hybridized carbons (Fsp3) is 0.312. The van der Waals surface area contributed by atoms with E-state index >= 15 is 0 Å². The minimum Gasteiger partial charge on any atom is -0.356 e. The smallest absolute Gasteiger partial charge is 0.275 e. The lowest BCUT2D eigenvalue weighted by Gasteiger charge is -2.19. The summed E-state index contributed by atoms with van der Waals surface area (Å²) in [7, 11) is 0. The molecular weight excluding hydrogens is 300 g/mol. The van der Waals surface area contributed by atoms with Crippen LogP contribution in [0.5, 0.6) is 0 Å². The molecule has 116 valence electrons. The number of aromatic nitrogens is 2. The molecule has 2 rings (SSSR count). The molecule has 0 radical (unpaired) electrons. The van der Waals surface area contributed by atoms with Crippen LogP contribution in [-0.2, 0) is 0 Å². The molecular formula is C16H19ClN4O. The van der Waals surface area contributed by atoms with Crippen LogP contribution >= 0.6 is 11.6 Å². The predicted molar refractivity (Wildman–Crippen MR) is 89.7 cm³/mol.